The third-order valence-electron chi connectivity index (χ3n) is 2.11. The summed E-state index contributed by atoms with van der Waals surface area (Å²) in [6.45, 7) is -0.168. The van der Waals surface area contributed by atoms with E-state index in [0.717, 1.165) is 0 Å². The van der Waals surface area contributed by atoms with Gasteiger partial charge < -0.3 is 20.5 Å². The highest BCUT2D eigenvalue weighted by molar-refractivity contribution is 5.89. The average molecular weight is 256 g/mol. The SMILES string of the molecule is COC(CNC(=O)Nc1ccc(F)cc1)C(=O)O. The molecule has 0 radical (unpaired) electrons. The fourth-order valence-electron chi connectivity index (χ4n) is 1.17. The van der Waals surface area contributed by atoms with Crippen LogP contribution in [0.25, 0.3) is 0 Å². The molecule has 0 spiro atoms. The van der Waals surface area contributed by atoms with Gasteiger partial charge in [-0.05, 0) is 24.3 Å². The van der Waals surface area contributed by atoms with Gasteiger partial charge in [0.15, 0.2) is 6.10 Å². The molecule has 1 aromatic rings. The molecular weight excluding hydrogens is 243 g/mol. The number of carboxylic acids is 1. The van der Waals surface area contributed by atoms with E-state index in [-0.39, 0.29) is 6.54 Å². The number of rotatable bonds is 5. The molecule has 0 bridgehead atoms. The van der Waals surface area contributed by atoms with Gasteiger partial charge in [-0.25, -0.2) is 14.0 Å². The van der Waals surface area contributed by atoms with Gasteiger partial charge in [0.1, 0.15) is 5.82 Å². The van der Waals surface area contributed by atoms with E-state index >= 15 is 0 Å². The van der Waals surface area contributed by atoms with Crippen molar-refractivity contribution >= 4 is 17.7 Å². The number of nitrogens with one attached hydrogen (secondary N) is 2. The van der Waals surface area contributed by atoms with Gasteiger partial charge in [0, 0.05) is 12.8 Å². The molecule has 0 aliphatic carbocycles. The first-order valence-corrected chi connectivity index (χ1v) is 5.09. The molecule has 7 heteroatoms. The maximum Gasteiger partial charge on any atom is 0.334 e. The van der Waals surface area contributed by atoms with Crippen LogP contribution in [0.5, 0.6) is 0 Å². The zero-order valence-electron chi connectivity index (χ0n) is 9.64. The molecule has 3 N–H and O–H groups in total. The third-order valence-corrected chi connectivity index (χ3v) is 2.11. The zero-order chi connectivity index (χ0) is 13.5. The predicted molar refractivity (Wildman–Crippen MR) is 61.9 cm³/mol. The Hall–Kier alpha value is -2.15. The van der Waals surface area contributed by atoms with Gasteiger partial charge in [-0.15, -0.1) is 0 Å². The maximum absolute atomic E-state index is 12.6. The second-order valence-electron chi connectivity index (χ2n) is 3.40. The van der Waals surface area contributed by atoms with Crippen molar-refractivity contribution in [3.63, 3.8) is 0 Å². The van der Waals surface area contributed by atoms with Gasteiger partial charge in [0.05, 0.1) is 6.54 Å². The molecule has 1 aromatic carbocycles. The number of urea groups is 1. The fourth-order valence-corrected chi connectivity index (χ4v) is 1.17. The lowest BCUT2D eigenvalue weighted by molar-refractivity contribution is -0.147. The second kappa shape index (κ2) is 6.55. The largest absolute Gasteiger partial charge is 0.479 e. The van der Waals surface area contributed by atoms with E-state index in [0.29, 0.717) is 5.69 Å². The van der Waals surface area contributed by atoms with Crippen LogP contribution in [-0.4, -0.2) is 36.9 Å². The van der Waals surface area contributed by atoms with Crippen LogP contribution in [0.2, 0.25) is 0 Å². The molecule has 1 atom stereocenters. The lowest BCUT2D eigenvalue weighted by atomic mass is 10.3. The molecule has 0 aromatic heterocycles. The van der Waals surface area contributed by atoms with Crippen LogP contribution in [0, 0.1) is 5.82 Å². The first-order valence-electron chi connectivity index (χ1n) is 5.09. The molecule has 18 heavy (non-hydrogen) atoms. The Labute approximate surface area is 103 Å². The van der Waals surface area contributed by atoms with Gasteiger partial charge in [-0.2, -0.15) is 0 Å². The Morgan fingerprint density at radius 3 is 2.50 bits per heavy atom. The second-order valence-corrected chi connectivity index (χ2v) is 3.40. The molecule has 98 valence electrons. The predicted octanol–water partition coefficient (Wildman–Crippen LogP) is 1.05. The topological polar surface area (TPSA) is 87.7 Å². The summed E-state index contributed by atoms with van der Waals surface area (Å²) in [5.41, 5.74) is 0.401. The number of aliphatic carboxylic acids is 1. The highest BCUT2D eigenvalue weighted by Gasteiger charge is 2.16. The minimum absolute atomic E-state index is 0.168. The first kappa shape index (κ1) is 13.9. The smallest absolute Gasteiger partial charge is 0.334 e. The van der Waals surface area contributed by atoms with Gasteiger partial charge in [0.2, 0.25) is 0 Å². The summed E-state index contributed by atoms with van der Waals surface area (Å²) < 4.78 is 17.2. The van der Waals surface area contributed by atoms with Crippen molar-refractivity contribution in [1.82, 2.24) is 5.32 Å². The van der Waals surface area contributed by atoms with Crippen molar-refractivity contribution in [2.75, 3.05) is 19.0 Å². The van der Waals surface area contributed by atoms with E-state index in [1.165, 1.54) is 31.4 Å². The van der Waals surface area contributed by atoms with Crippen LogP contribution in [0.15, 0.2) is 24.3 Å². The summed E-state index contributed by atoms with van der Waals surface area (Å²) in [6, 6.07) is 4.58. The lowest BCUT2D eigenvalue weighted by Crippen LogP contribution is -2.39. The minimum Gasteiger partial charge on any atom is -0.479 e. The van der Waals surface area contributed by atoms with Crippen LogP contribution in [-0.2, 0) is 9.53 Å². The van der Waals surface area contributed by atoms with E-state index in [4.69, 9.17) is 5.11 Å². The van der Waals surface area contributed by atoms with Crippen LogP contribution in [0.3, 0.4) is 0 Å². The zero-order valence-corrected chi connectivity index (χ0v) is 9.64. The van der Waals surface area contributed by atoms with E-state index in [9.17, 15) is 14.0 Å². The van der Waals surface area contributed by atoms with Crippen molar-refractivity contribution in [1.29, 1.82) is 0 Å². The van der Waals surface area contributed by atoms with Crippen molar-refractivity contribution < 1.29 is 23.8 Å². The number of benzene rings is 1. The van der Waals surface area contributed by atoms with Crippen LogP contribution >= 0.6 is 0 Å². The fraction of sp³-hybridized carbons (Fsp3) is 0.273. The highest BCUT2D eigenvalue weighted by Crippen LogP contribution is 2.07. The van der Waals surface area contributed by atoms with Gasteiger partial charge in [-0.1, -0.05) is 0 Å². The quantitative estimate of drug-likeness (QED) is 0.734. The number of hydrogen-bond donors (Lipinski definition) is 3. The van der Waals surface area contributed by atoms with Gasteiger partial charge >= 0.3 is 12.0 Å². The summed E-state index contributed by atoms with van der Waals surface area (Å²) in [5.74, 6) is -1.58. The molecule has 1 rings (SSSR count). The summed E-state index contributed by atoms with van der Waals surface area (Å²) in [4.78, 5) is 22.0. The van der Waals surface area contributed by atoms with Crippen molar-refractivity contribution in [3.8, 4) is 0 Å². The lowest BCUT2D eigenvalue weighted by Gasteiger charge is -2.12. The molecule has 0 heterocycles. The van der Waals surface area contributed by atoms with Crippen molar-refractivity contribution in [2.24, 2.45) is 0 Å². The van der Waals surface area contributed by atoms with E-state index in [1.807, 2.05) is 0 Å². The number of halogens is 1. The molecule has 0 saturated heterocycles. The summed E-state index contributed by atoms with van der Waals surface area (Å²) in [6.07, 6.45) is -1.11. The molecule has 0 saturated carbocycles. The Morgan fingerprint density at radius 2 is 2.00 bits per heavy atom. The summed E-state index contributed by atoms with van der Waals surface area (Å²) in [7, 11) is 1.23. The molecule has 1 unspecified atom stereocenters. The Balaban J connectivity index is 2.42. The molecule has 2 amide bonds. The average Bonchev–Trinajstić information content (AvgIpc) is 2.32. The molecule has 0 fully saturated rings. The number of ether oxygens (including phenoxy) is 1. The number of anilines is 1. The normalized spacial score (nSPS) is 11.7. The van der Waals surface area contributed by atoms with E-state index in [2.05, 4.69) is 15.4 Å². The van der Waals surface area contributed by atoms with Crippen molar-refractivity contribution in [2.45, 2.75) is 6.10 Å². The van der Waals surface area contributed by atoms with Crippen LogP contribution in [0.1, 0.15) is 0 Å². The van der Waals surface area contributed by atoms with E-state index < -0.39 is 23.9 Å². The number of carbonyl (C=O) groups excluding carboxylic acids is 1. The number of carbonyl (C=O) groups is 2. The Kier molecular flexibility index (Phi) is 5.06. The molecular formula is C11H13FN2O4. The van der Waals surface area contributed by atoms with Gasteiger partial charge in [0.25, 0.3) is 0 Å². The van der Waals surface area contributed by atoms with Crippen LogP contribution in [0.4, 0.5) is 14.9 Å². The van der Waals surface area contributed by atoms with E-state index in [1.54, 1.807) is 0 Å². The molecule has 0 aliphatic rings. The monoisotopic (exact) mass is 256 g/mol. The minimum atomic E-state index is -1.17. The standard InChI is InChI=1S/C11H13FN2O4/c1-18-9(10(15)16)6-13-11(17)14-8-4-2-7(12)3-5-8/h2-5,9H,6H2,1H3,(H,15,16)(H2,13,14,17). The van der Waals surface area contributed by atoms with Crippen molar-refractivity contribution in [3.05, 3.63) is 30.1 Å². The number of methoxy groups -OCH3 is 1. The van der Waals surface area contributed by atoms with Crippen LogP contribution < -0.4 is 10.6 Å². The Morgan fingerprint density at radius 1 is 1.39 bits per heavy atom. The van der Waals surface area contributed by atoms with Gasteiger partial charge in [-0.3, -0.25) is 0 Å². The molecule has 6 nitrogen and oxygen atoms in total. The number of amides is 2. The summed E-state index contributed by atoms with van der Waals surface area (Å²) in [5, 5.41) is 13.4. The Bertz CT molecular complexity index is 422. The summed E-state index contributed by atoms with van der Waals surface area (Å²) >= 11 is 0. The number of carboxylic acid groups (broad SMARTS) is 1. The highest BCUT2D eigenvalue weighted by atomic mass is 19.1. The molecule has 0 aliphatic heterocycles. The number of hydrogen-bond acceptors (Lipinski definition) is 3. The maximum atomic E-state index is 12.6. The third kappa shape index (κ3) is 4.38. The first-order chi connectivity index (χ1) is 8.52.